The van der Waals surface area contributed by atoms with Crippen molar-refractivity contribution in [3.8, 4) is 0 Å². The number of amides is 1. The smallest absolute Gasteiger partial charge is 0.371 e. The van der Waals surface area contributed by atoms with Crippen molar-refractivity contribution in [2.24, 2.45) is 0 Å². The minimum atomic E-state index is -4.58. The van der Waals surface area contributed by atoms with Crippen molar-refractivity contribution in [2.75, 3.05) is 19.7 Å². The van der Waals surface area contributed by atoms with E-state index in [-0.39, 0.29) is 24.1 Å². The summed E-state index contributed by atoms with van der Waals surface area (Å²) >= 11 is 0. The van der Waals surface area contributed by atoms with E-state index >= 15 is 0 Å². The molecule has 0 unspecified atom stereocenters. The lowest BCUT2D eigenvalue weighted by molar-refractivity contribution is -0.137. The van der Waals surface area contributed by atoms with Gasteiger partial charge in [-0.15, -0.1) is 0 Å². The first-order valence-corrected chi connectivity index (χ1v) is 10.4. The van der Waals surface area contributed by atoms with E-state index in [9.17, 15) is 22.4 Å². The van der Waals surface area contributed by atoms with Gasteiger partial charge >= 0.3 is 6.18 Å². The normalized spacial score (nSPS) is 22.1. The van der Waals surface area contributed by atoms with E-state index in [4.69, 9.17) is 4.74 Å². The molecule has 31 heavy (non-hydrogen) atoms. The summed E-state index contributed by atoms with van der Waals surface area (Å²) in [6.07, 6.45) is -2.72. The number of halogens is 4. The Balaban J connectivity index is 1.30. The van der Waals surface area contributed by atoms with Crippen LogP contribution in [0.2, 0.25) is 0 Å². The van der Waals surface area contributed by atoms with Crippen LogP contribution in [0.4, 0.5) is 17.6 Å². The van der Waals surface area contributed by atoms with Gasteiger partial charge in [-0.05, 0) is 53.8 Å². The first-order chi connectivity index (χ1) is 14.8. The topological polar surface area (TPSA) is 32.8 Å². The van der Waals surface area contributed by atoms with Crippen molar-refractivity contribution >= 4 is 5.91 Å². The molecule has 8 heteroatoms. The predicted octanol–water partition coefficient (Wildman–Crippen LogP) is 4.54. The second-order valence-electron chi connectivity index (χ2n) is 8.52. The molecule has 0 aromatic heterocycles. The van der Waals surface area contributed by atoms with Crippen LogP contribution >= 0.6 is 0 Å². The van der Waals surface area contributed by atoms with Gasteiger partial charge in [-0.2, -0.15) is 13.2 Å². The number of carbonyl (C=O) groups excluding carboxylic acids is 1. The molecule has 5 rings (SSSR count). The molecule has 164 valence electrons. The van der Waals surface area contributed by atoms with Crippen LogP contribution in [0, 0.1) is 5.82 Å². The largest absolute Gasteiger partial charge is 0.416 e. The standard InChI is InChI=1S/C23H22F4N2O2/c24-18-8-14(7-17(10-18)23(25,26)27)11-28-5-6-31-21(13-28)15-1-4-20-16(9-15)12-29(22(20)30)19-2-3-19/h1,4,7-10,19,21H,2-3,5-6,11-13H2/t21-/m0/s1. The number of fused-ring (bicyclic) bond motifs is 1. The monoisotopic (exact) mass is 434 g/mol. The molecule has 0 spiro atoms. The van der Waals surface area contributed by atoms with Gasteiger partial charge in [0.25, 0.3) is 5.91 Å². The highest BCUT2D eigenvalue weighted by molar-refractivity contribution is 5.98. The fourth-order valence-corrected chi connectivity index (χ4v) is 4.46. The molecule has 0 bridgehead atoms. The summed E-state index contributed by atoms with van der Waals surface area (Å²) in [6.45, 7) is 2.28. The molecule has 3 aliphatic rings. The Morgan fingerprint density at radius 2 is 1.90 bits per heavy atom. The summed E-state index contributed by atoms with van der Waals surface area (Å²) in [4.78, 5) is 16.4. The van der Waals surface area contributed by atoms with Crippen LogP contribution in [-0.4, -0.2) is 41.4 Å². The number of nitrogens with zero attached hydrogens (tertiary/aromatic N) is 2. The maximum absolute atomic E-state index is 13.7. The molecule has 4 nitrogen and oxygen atoms in total. The zero-order valence-electron chi connectivity index (χ0n) is 16.8. The van der Waals surface area contributed by atoms with E-state index in [2.05, 4.69) is 0 Å². The highest BCUT2D eigenvalue weighted by Crippen LogP contribution is 2.36. The lowest BCUT2D eigenvalue weighted by Crippen LogP contribution is -2.37. The van der Waals surface area contributed by atoms with Crippen LogP contribution in [0.1, 0.15) is 51.6 Å². The zero-order valence-corrected chi connectivity index (χ0v) is 16.8. The molecular weight excluding hydrogens is 412 g/mol. The highest BCUT2D eigenvalue weighted by atomic mass is 19.4. The third-order valence-corrected chi connectivity index (χ3v) is 6.16. The Labute approximate surface area is 177 Å². The molecule has 2 aromatic carbocycles. The van der Waals surface area contributed by atoms with Crippen LogP contribution in [0.15, 0.2) is 36.4 Å². The molecule has 2 aromatic rings. The van der Waals surface area contributed by atoms with Gasteiger partial charge in [0.2, 0.25) is 0 Å². The zero-order chi connectivity index (χ0) is 21.8. The fraction of sp³-hybridized carbons (Fsp3) is 0.435. The molecule has 0 radical (unpaired) electrons. The van der Waals surface area contributed by atoms with E-state index in [1.807, 2.05) is 28.0 Å². The van der Waals surface area contributed by atoms with Gasteiger partial charge in [-0.3, -0.25) is 9.69 Å². The molecule has 0 N–H and O–H groups in total. The van der Waals surface area contributed by atoms with E-state index in [0.29, 0.717) is 38.3 Å². The third-order valence-electron chi connectivity index (χ3n) is 6.16. The minimum Gasteiger partial charge on any atom is -0.371 e. The number of hydrogen-bond acceptors (Lipinski definition) is 3. The van der Waals surface area contributed by atoms with E-state index < -0.39 is 17.6 Å². The van der Waals surface area contributed by atoms with Gasteiger partial charge in [-0.1, -0.05) is 12.1 Å². The van der Waals surface area contributed by atoms with Gasteiger partial charge in [-0.25, -0.2) is 4.39 Å². The van der Waals surface area contributed by atoms with Crippen molar-refractivity contribution in [1.82, 2.24) is 9.80 Å². The lowest BCUT2D eigenvalue weighted by atomic mass is 10.0. The number of ether oxygens (including phenoxy) is 1. The van der Waals surface area contributed by atoms with Crippen molar-refractivity contribution in [2.45, 2.75) is 44.3 Å². The van der Waals surface area contributed by atoms with Gasteiger partial charge < -0.3 is 9.64 Å². The van der Waals surface area contributed by atoms with Crippen LogP contribution in [0.25, 0.3) is 0 Å². The van der Waals surface area contributed by atoms with E-state index in [0.717, 1.165) is 41.7 Å². The van der Waals surface area contributed by atoms with E-state index in [1.54, 1.807) is 0 Å². The summed E-state index contributed by atoms with van der Waals surface area (Å²) < 4.78 is 58.6. The van der Waals surface area contributed by atoms with Gasteiger partial charge in [0.15, 0.2) is 0 Å². The van der Waals surface area contributed by atoms with Crippen molar-refractivity contribution in [3.63, 3.8) is 0 Å². The lowest BCUT2D eigenvalue weighted by Gasteiger charge is -2.33. The first-order valence-electron chi connectivity index (χ1n) is 10.4. The average molecular weight is 434 g/mol. The Hall–Kier alpha value is -2.45. The van der Waals surface area contributed by atoms with E-state index in [1.165, 1.54) is 0 Å². The Kier molecular flexibility index (Phi) is 5.01. The summed E-state index contributed by atoms with van der Waals surface area (Å²) in [6, 6.07) is 8.77. The SMILES string of the molecule is O=C1c2ccc([C@@H]3CN(Cc4cc(F)cc(C(F)(F)F)c4)CCO3)cc2CN1C1CC1. The molecule has 2 fully saturated rings. The van der Waals surface area contributed by atoms with Gasteiger partial charge in [0.1, 0.15) is 5.82 Å². The number of benzene rings is 2. The molecule has 1 atom stereocenters. The van der Waals surface area contributed by atoms with Crippen LogP contribution in [0.3, 0.4) is 0 Å². The predicted molar refractivity (Wildman–Crippen MR) is 105 cm³/mol. The van der Waals surface area contributed by atoms with Gasteiger partial charge in [0, 0.05) is 37.8 Å². The number of carbonyl (C=O) groups is 1. The summed E-state index contributed by atoms with van der Waals surface area (Å²) in [5.74, 6) is -0.806. The summed E-state index contributed by atoms with van der Waals surface area (Å²) in [5, 5.41) is 0. The Bertz CT molecular complexity index is 1020. The molecule has 2 heterocycles. The maximum atomic E-state index is 13.7. The van der Waals surface area contributed by atoms with Crippen molar-refractivity contribution in [1.29, 1.82) is 0 Å². The van der Waals surface area contributed by atoms with Crippen molar-refractivity contribution < 1.29 is 27.1 Å². The molecule has 1 saturated heterocycles. The molecule has 1 amide bonds. The average Bonchev–Trinajstić information content (AvgIpc) is 3.51. The van der Waals surface area contributed by atoms with Crippen molar-refractivity contribution in [3.05, 3.63) is 70.0 Å². The van der Waals surface area contributed by atoms with Crippen LogP contribution in [-0.2, 0) is 24.0 Å². The summed E-state index contributed by atoms with van der Waals surface area (Å²) in [7, 11) is 0. The highest BCUT2D eigenvalue weighted by Gasteiger charge is 2.38. The Morgan fingerprint density at radius 3 is 2.65 bits per heavy atom. The third kappa shape index (κ3) is 4.19. The number of alkyl halides is 3. The van der Waals surface area contributed by atoms with Crippen LogP contribution in [0.5, 0.6) is 0 Å². The number of hydrogen-bond donors (Lipinski definition) is 0. The number of rotatable bonds is 4. The maximum Gasteiger partial charge on any atom is 0.416 e. The quantitative estimate of drug-likeness (QED) is 0.663. The molecule has 1 aliphatic carbocycles. The summed E-state index contributed by atoms with van der Waals surface area (Å²) in [5.41, 5.74) is 1.99. The van der Waals surface area contributed by atoms with Gasteiger partial charge in [0.05, 0.1) is 18.3 Å². The second-order valence-corrected chi connectivity index (χ2v) is 8.52. The second kappa shape index (κ2) is 7.60. The Morgan fingerprint density at radius 1 is 1.10 bits per heavy atom. The number of morpholine rings is 1. The molecule has 2 aliphatic heterocycles. The molecular formula is C23H22F4N2O2. The fourth-order valence-electron chi connectivity index (χ4n) is 4.46. The molecule has 1 saturated carbocycles. The van der Waals surface area contributed by atoms with Crippen LogP contribution < -0.4 is 0 Å². The first kappa shape index (κ1) is 20.5. The minimum absolute atomic E-state index is 0.0850.